The quantitative estimate of drug-likeness (QED) is 0.869. The molecule has 0 radical (unpaired) electrons. The van der Waals surface area contributed by atoms with Gasteiger partial charge in [-0.1, -0.05) is 0 Å². The maximum absolute atomic E-state index is 8.87. The minimum absolute atomic E-state index is 0.647. The third kappa shape index (κ3) is 3.68. The van der Waals surface area contributed by atoms with E-state index in [0.717, 1.165) is 36.4 Å². The number of pyridine rings is 1. The highest BCUT2D eigenvalue weighted by molar-refractivity contribution is 5.42. The van der Waals surface area contributed by atoms with Gasteiger partial charge in [-0.2, -0.15) is 5.26 Å². The zero-order valence-electron chi connectivity index (χ0n) is 11.5. The number of rotatable bonds is 4. The third-order valence-corrected chi connectivity index (χ3v) is 4.08. The lowest BCUT2D eigenvalue weighted by Crippen LogP contribution is -2.25. The largest absolute Gasteiger partial charge is 0.370 e. The summed E-state index contributed by atoms with van der Waals surface area (Å²) in [5.41, 5.74) is 7.14. The van der Waals surface area contributed by atoms with Crippen LogP contribution in [0.25, 0.3) is 0 Å². The van der Waals surface area contributed by atoms with E-state index in [9.17, 15) is 0 Å². The second kappa shape index (κ2) is 6.53. The SMILES string of the molecule is Cc1nc(NCC2CCC(CN)CC2)ccc1C#N. The van der Waals surface area contributed by atoms with Gasteiger partial charge in [0.1, 0.15) is 11.9 Å². The normalized spacial score (nSPS) is 22.8. The smallest absolute Gasteiger partial charge is 0.126 e. The average molecular weight is 258 g/mol. The summed E-state index contributed by atoms with van der Waals surface area (Å²) in [6.07, 6.45) is 5.01. The van der Waals surface area contributed by atoms with Gasteiger partial charge in [-0.15, -0.1) is 0 Å². The number of nitrogens with two attached hydrogens (primary N) is 1. The van der Waals surface area contributed by atoms with Crippen molar-refractivity contribution >= 4 is 5.82 Å². The van der Waals surface area contributed by atoms with Gasteiger partial charge in [-0.05, 0) is 63.1 Å². The van der Waals surface area contributed by atoms with Crippen LogP contribution in [-0.2, 0) is 0 Å². The lowest BCUT2D eigenvalue weighted by Gasteiger charge is -2.27. The van der Waals surface area contributed by atoms with Crippen molar-refractivity contribution in [2.24, 2.45) is 17.6 Å². The lowest BCUT2D eigenvalue weighted by atomic mass is 9.82. The fourth-order valence-corrected chi connectivity index (χ4v) is 2.70. The minimum Gasteiger partial charge on any atom is -0.370 e. The molecule has 0 saturated heterocycles. The Morgan fingerprint density at radius 3 is 2.58 bits per heavy atom. The van der Waals surface area contributed by atoms with Crippen molar-refractivity contribution in [3.05, 3.63) is 23.4 Å². The van der Waals surface area contributed by atoms with Gasteiger partial charge in [0.25, 0.3) is 0 Å². The third-order valence-electron chi connectivity index (χ3n) is 4.08. The van der Waals surface area contributed by atoms with Crippen LogP contribution in [0.3, 0.4) is 0 Å². The molecule has 1 aromatic heterocycles. The fraction of sp³-hybridized carbons (Fsp3) is 0.600. The number of hydrogen-bond donors (Lipinski definition) is 2. The number of nitrogens with one attached hydrogen (secondary N) is 1. The van der Waals surface area contributed by atoms with Crippen LogP contribution in [0.2, 0.25) is 0 Å². The number of aryl methyl sites for hydroxylation is 1. The minimum atomic E-state index is 0.647. The van der Waals surface area contributed by atoms with E-state index in [1.54, 1.807) is 0 Å². The Morgan fingerprint density at radius 1 is 1.32 bits per heavy atom. The number of nitrogens with zero attached hydrogens (tertiary/aromatic N) is 2. The summed E-state index contributed by atoms with van der Waals surface area (Å²) in [6, 6.07) is 5.85. The molecule has 1 aliphatic carbocycles. The predicted molar refractivity (Wildman–Crippen MR) is 76.7 cm³/mol. The molecule has 0 amide bonds. The van der Waals surface area contributed by atoms with Crippen molar-refractivity contribution in [1.82, 2.24) is 4.98 Å². The second-order valence-corrected chi connectivity index (χ2v) is 5.44. The number of nitriles is 1. The first-order chi connectivity index (χ1) is 9.22. The molecule has 19 heavy (non-hydrogen) atoms. The molecule has 0 atom stereocenters. The highest BCUT2D eigenvalue weighted by Gasteiger charge is 2.19. The van der Waals surface area contributed by atoms with Crippen molar-refractivity contribution in [3.63, 3.8) is 0 Å². The first-order valence-electron chi connectivity index (χ1n) is 7.04. The van der Waals surface area contributed by atoms with Crippen molar-refractivity contribution < 1.29 is 0 Å². The van der Waals surface area contributed by atoms with E-state index in [1.807, 2.05) is 19.1 Å². The molecule has 1 saturated carbocycles. The molecule has 0 bridgehead atoms. The van der Waals surface area contributed by atoms with Gasteiger partial charge in [0.2, 0.25) is 0 Å². The monoisotopic (exact) mass is 258 g/mol. The summed E-state index contributed by atoms with van der Waals surface area (Å²) in [4.78, 5) is 4.41. The first kappa shape index (κ1) is 13.8. The molecule has 3 N–H and O–H groups in total. The van der Waals surface area contributed by atoms with E-state index in [0.29, 0.717) is 5.56 Å². The van der Waals surface area contributed by atoms with Crippen LogP contribution >= 0.6 is 0 Å². The second-order valence-electron chi connectivity index (χ2n) is 5.44. The number of anilines is 1. The first-order valence-corrected chi connectivity index (χ1v) is 7.04. The summed E-state index contributed by atoms with van der Waals surface area (Å²) in [7, 11) is 0. The van der Waals surface area contributed by atoms with E-state index in [1.165, 1.54) is 25.7 Å². The van der Waals surface area contributed by atoms with Gasteiger partial charge in [-0.25, -0.2) is 4.98 Å². The average Bonchev–Trinajstić information content (AvgIpc) is 2.46. The van der Waals surface area contributed by atoms with Crippen LogP contribution in [0, 0.1) is 30.1 Å². The van der Waals surface area contributed by atoms with E-state index in [4.69, 9.17) is 11.0 Å². The van der Waals surface area contributed by atoms with E-state index in [2.05, 4.69) is 16.4 Å². The molecule has 4 nitrogen and oxygen atoms in total. The van der Waals surface area contributed by atoms with Crippen LogP contribution < -0.4 is 11.1 Å². The summed E-state index contributed by atoms with van der Waals surface area (Å²) < 4.78 is 0. The van der Waals surface area contributed by atoms with Gasteiger partial charge in [0, 0.05) is 6.54 Å². The molecule has 1 aliphatic rings. The number of aromatic nitrogens is 1. The molecule has 1 fully saturated rings. The van der Waals surface area contributed by atoms with Gasteiger partial charge in [0.15, 0.2) is 0 Å². The topological polar surface area (TPSA) is 74.7 Å². The maximum Gasteiger partial charge on any atom is 0.126 e. The Morgan fingerprint density at radius 2 is 2.00 bits per heavy atom. The molecule has 4 heteroatoms. The van der Waals surface area contributed by atoms with Crippen LogP contribution in [0.5, 0.6) is 0 Å². The van der Waals surface area contributed by atoms with Gasteiger partial charge in [0.05, 0.1) is 11.3 Å². The Bertz CT molecular complexity index is 456. The van der Waals surface area contributed by atoms with Crippen molar-refractivity contribution in [3.8, 4) is 6.07 Å². The molecule has 102 valence electrons. The van der Waals surface area contributed by atoms with Gasteiger partial charge in [-0.3, -0.25) is 0 Å². The van der Waals surface area contributed by atoms with E-state index >= 15 is 0 Å². The maximum atomic E-state index is 8.87. The van der Waals surface area contributed by atoms with Gasteiger partial charge >= 0.3 is 0 Å². The van der Waals surface area contributed by atoms with E-state index in [-0.39, 0.29) is 0 Å². The lowest BCUT2D eigenvalue weighted by molar-refractivity contribution is 0.289. The zero-order valence-corrected chi connectivity index (χ0v) is 11.5. The highest BCUT2D eigenvalue weighted by Crippen LogP contribution is 2.28. The molecule has 1 heterocycles. The standard InChI is InChI=1S/C15H22N4/c1-11-14(9-17)6-7-15(19-11)18-10-13-4-2-12(8-16)3-5-13/h6-7,12-13H,2-5,8,10,16H2,1H3,(H,18,19). The molecular formula is C15H22N4. The summed E-state index contributed by atoms with van der Waals surface area (Å²) in [5, 5.41) is 12.3. The summed E-state index contributed by atoms with van der Waals surface area (Å²) in [6.45, 7) is 3.67. The molecule has 0 aromatic carbocycles. The van der Waals surface area contributed by atoms with Crippen LogP contribution in [0.1, 0.15) is 36.9 Å². The Labute approximate surface area is 115 Å². The van der Waals surface area contributed by atoms with Crippen molar-refractivity contribution in [1.29, 1.82) is 5.26 Å². The van der Waals surface area contributed by atoms with Crippen LogP contribution in [0.4, 0.5) is 5.82 Å². The molecule has 0 spiro atoms. The van der Waals surface area contributed by atoms with Crippen LogP contribution in [0.15, 0.2) is 12.1 Å². The Kier molecular flexibility index (Phi) is 4.75. The molecular weight excluding hydrogens is 236 g/mol. The van der Waals surface area contributed by atoms with Crippen molar-refractivity contribution in [2.75, 3.05) is 18.4 Å². The summed E-state index contributed by atoms with van der Waals surface area (Å²) >= 11 is 0. The van der Waals surface area contributed by atoms with E-state index < -0.39 is 0 Å². The summed E-state index contributed by atoms with van der Waals surface area (Å²) in [5.74, 6) is 2.32. The fourth-order valence-electron chi connectivity index (χ4n) is 2.70. The number of hydrogen-bond acceptors (Lipinski definition) is 4. The van der Waals surface area contributed by atoms with Crippen molar-refractivity contribution in [2.45, 2.75) is 32.6 Å². The predicted octanol–water partition coefficient (Wildman–Crippen LogP) is 2.44. The Balaban J connectivity index is 1.83. The molecule has 0 aliphatic heterocycles. The molecule has 2 rings (SSSR count). The molecule has 1 aromatic rings. The molecule has 0 unspecified atom stereocenters. The van der Waals surface area contributed by atoms with Gasteiger partial charge < -0.3 is 11.1 Å². The Hall–Kier alpha value is -1.60. The zero-order chi connectivity index (χ0) is 13.7. The van der Waals surface area contributed by atoms with Crippen LogP contribution in [-0.4, -0.2) is 18.1 Å². The highest BCUT2D eigenvalue weighted by atomic mass is 15.0.